The summed E-state index contributed by atoms with van der Waals surface area (Å²) in [6, 6.07) is 24.9. The number of rotatable bonds is 4. The second-order valence-electron chi connectivity index (χ2n) is 7.81. The predicted molar refractivity (Wildman–Crippen MR) is 126 cm³/mol. The molecule has 0 fully saturated rings. The van der Waals surface area contributed by atoms with Crippen LogP contribution in [-0.2, 0) is 21.1 Å². The first kappa shape index (κ1) is 23.8. The number of pyridine rings is 2. The van der Waals surface area contributed by atoms with Crippen LogP contribution in [0.15, 0.2) is 85.2 Å². The Hall–Kier alpha value is -3.96. The fourth-order valence-electron chi connectivity index (χ4n) is 4.04. The Morgan fingerprint density at radius 2 is 1.58 bits per heavy atom. The van der Waals surface area contributed by atoms with Crippen LogP contribution in [0, 0.1) is 29.6 Å². The third kappa shape index (κ3) is 4.38. The first-order valence-corrected chi connectivity index (χ1v) is 10.7. The maximum atomic E-state index is 14.5. The summed E-state index contributed by atoms with van der Waals surface area (Å²) in [5, 5.41) is 1.37. The van der Waals surface area contributed by atoms with Crippen molar-refractivity contribution in [3.63, 3.8) is 0 Å². The smallest absolute Gasteiger partial charge is 0.460 e. The van der Waals surface area contributed by atoms with Crippen LogP contribution in [0.1, 0.15) is 0 Å². The molecule has 0 bridgehead atoms. The van der Waals surface area contributed by atoms with Gasteiger partial charge in [-0.3, -0.25) is 0 Å². The number of nitrogens with zero attached hydrogens (tertiary/aromatic N) is 3. The quantitative estimate of drug-likeness (QED) is 0.191. The summed E-state index contributed by atoms with van der Waals surface area (Å²) < 4.78 is 49.6. The van der Waals surface area contributed by atoms with Gasteiger partial charge in [-0.15, -0.1) is 12.1 Å². The van der Waals surface area contributed by atoms with Gasteiger partial charge in [0.05, 0.1) is 6.20 Å². The number of ether oxygens (including phenoxy) is 1. The van der Waals surface area contributed by atoms with E-state index in [0.717, 1.165) is 11.6 Å². The number of hydrogen-bond acceptors (Lipinski definition) is 3. The van der Waals surface area contributed by atoms with Gasteiger partial charge in [0.1, 0.15) is 17.5 Å². The number of benzene rings is 3. The molecule has 0 amide bonds. The third-order valence-corrected chi connectivity index (χ3v) is 5.53. The number of fused-ring (bicyclic) bond motifs is 3. The SMILES string of the molecule is Fc1ccc(-n2c3[c-]c(-c4[c-]c(Oc5ccccn5)cc(F)c4)ccc3c3cc(F)ccc32)nc1.[Pt+2]. The zero-order chi connectivity index (χ0) is 23.9. The van der Waals surface area contributed by atoms with Crippen molar-refractivity contribution in [2.75, 3.05) is 0 Å². The molecule has 0 aliphatic carbocycles. The van der Waals surface area contributed by atoms with Crippen LogP contribution in [0.25, 0.3) is 38.8 Å². The summed E-state index contributed by atoms with van der Waals surface area (Å²) in [6.07, 6.45) is 2.68. The van der Waals surface area contributed by atoms with E-state index in [-0.39, 0.29) is 32.6 Å². The van der Waals surface area contributed by atoms with Crippen LogP contribution < -0.4 is 4.74 Å². The molecule has 3 aromatic heterocycles. The Labute approximate surface area is 218 Å². The summed E-state index contributed by atoms with van der Waals surface area (Å²) in [5.41, 5.74) is 2.20. The molecule has 4 nitrogen and oxygen atoms in total. The zero-order valence-electron chi connectivity index (χ0n) is 18.3. The Morgan fingerprint density at radius 1 is 0.722 bits per heavy atom. The van der Waals surface area contributed by atoms with Crippen molar-refractivity contribution < 1.29 is 39.0 Å². The molecule has 0 unspecified atom stereocenters. The van der Waals surface area contributed by atoms with Gasteiger partial charge in [0.2, 0.25) is 5.88 Å². The van der Waals surface area contributed by atoms with Gasteiger partial charge in [-0.25, -0.2) is 34.3 Å². The van der Waals surface area contributed by atoms with E-state index in [4.69, 9.17) is 4.74 Å². The van der Waals surface area contributed by atoms with Gasteiger partial charge in [0.25, 0.3) is 0 Å². The van der Waals surface area contributed by atoms with Crippen LogP contribution in [0.2, 0.25) is 0 Å². The fourth-order valence-corrected chi connectivity index (χ4v) is 4.04. The minimum absolute atomic E-state index is 0. The number of hydrogen-bond donors (Lipinski definition) is 0. The molecule has 8 heteroatoms. The number of aromatic nitrogens is 3. The predicted octanol–water partition coefficient (Wildman–Crippen LogP) is 7.05. The number of halogens is 3. The van der Waals surface area contributed by atoms with E-state index in [1.165, 1.54) is 36.4 Å². The maximum absolute atomic E-state index is 14.5. The first-order valence-electron chi connectivity index (χ1n) is 10.7. The van der Waals surface area contributed by atoms with E-state index >= 15 is 0 Å². The summed E-state index contributed by atoms with van der Waals surface area (Å²) in [6.45, 7) is 0. The minimum Gasteiger partial charge on any atom is -0.460 e. The molecule has 0 spiro atoms. The van der Waals surface area contributed by atoms with E-state index in [1.807, 2.05) is 0 Å². The van der Waals surface area contributed by atoms with Gasteiger partial charge in [0, 0.05) is 29.3 Å². The molecule has 6 rings (SSSR count). The summed E-state index contributed by atoms with van der Waals surface area (Å²) in [5.74, 6) is -0.462. The Bertz CT molecular complexity index is 1700. The van der Waals surface area contributed by atoms with Gasteiger partial charge in [-0.2, -0.15) is 18.2 Å². The average Bonchev–Trinajstić information content (AvgIpc) is 3.17. The van der Waals surface area contributed by atoms with Crippen LogP contribution in [0.4, 0.5) is 13.2 Å². The molecule has 3 aromatic carbocycles. The first-order chi connectivity index (χ1) is 17.0. The normalized spacial score (nSPS) is 11.0. The molecule has 0 saturated heterocycles. The second-order valence-corrected chi connectivity index (χ2v) is 7.81. The van der Waals surface area contributed by atoms with Gasteiger partial charge in [-0.05, 0) is 47.3 Å². The van der Waals surface area contributed by atoms with Crippen molar-refractivity contribution in [3.05, 3.63) is 115 Å². The van der Waals surface area contributed by atoms with E-state index in [1.54, 1.807) is 47.2 Å². The Kier molecular flexibility index (Phi) is 6.33. The van der Waals surface area contributed by atoms with Crippen LogP contribution in [0.3, 0.4) is 0 Å². The molecule has 0 radical (unpaired) electrons. The Morgan fingerprint density at radius 3 is 2.36 bits per heavy atom. The molecule has 0 saturated carbocycles. The van der Waals surface area contributed by atoms with Crippen molar-refractivity contribution in [2.45, 2.75) is 0 Å². The third-order valence-electron chi connectivity index (χ3n) is 5.53. The summed E-state index contributed by atoms with van der Waals surface area (Å²) in [7, 11) is 0. The van der Waals surface area contributed by atoms with Crippen LogP contribution in [-0.4, -0.2) is 14.5 Å². The van der Waals surface area contributed by atoms with E-state index in [0.29, 0.717) is 39.2 Å². The molecule has 6 aromatic rings. The van der Waals surface area contributed by atoms with E-state index in [2.05, 4.69) is 22.1 Å². The maximum Gasteiger partial charge on any atom is 2.00 e. The summed E-state index contributed by atoms with van der Waals surface area (Å²) >= 11 is 0. The van der Waals surface area contributed by atoms with Crippen molar-refractivity contribution in [1.82, 2.24) is 14.5 Å². The van der Waals surface area contributed by atoms with Gasteiger partial charge in [-0.1, -0.05) is 17.5 Å². The molecule has 178 valence electrons. The topological polar surface area (TPSA) is 39.9 Å². The minimum atomic E-state index is -0.513. The van der Waals surface area contributed by atoms with E-state index < -0.39 is 11.6 Å². The van der Waals surface area contributed by atoms with Crippen molar-refractivity contribution in [1.29, 1.82) is 0 Å². The van der Waals surface area contributed by atoms with Gasteiger partial charge >= 0.3 is 21.1 Å². The van der Waals surface area contributed by atoms with E-state index in [9.17, 15) is 13.2 Å². The molecular weight excluding hydrogens is 646 g/mol. The summed E-state index contributed by atoms with van der Waals surface area (Å²) in [4.78, 5) is 8.29. The largest absolute Gasteiger partial charge is 2.00 e. The van der Waals surface area contributed by atoms with Crippen LogP contribution >= 0.6 is 0 Å². The molecule has 0 aliphatic heterocycles. The average molecular weight is 661 g/mol. The monoisotopic (exact) mass is 660 g/mol. The molecule has 0 atom stereocenters. The zero-order valence-corrected chi connectivity index (χ0v) is 20.6. The van der Waals surface area contributed by atoms with Crippen LogP contribution in [0.5, 0.6) is 11.6 Å². The molecule has 0 aliphatic rings. The van der Waals surface area contributed by atoms with Crippen molar-refractivity contribution in [2.24, 2.45) is 0 Å². The molecule has 0 N–H and O–H groups in total. The van der Waals surface area contributed by atoms with Gasteiger partial charge in [0.15, 0.2) is 0 Å². The fraction of sp³-hybridized carbons (Fsp3) is 0. The van der Waals surface area contributed by atoms with Crippen molar-refractivity contribution >= 4 is 21.8 Å². The van der Waals surface area contributed by atoms with Gasteiger partial charge < -0.3 is 9.30 Å². The van der Waals surface area contributed by atoms with Crippen molar-refractivity contribution in [3.8, 4) is 28.6 Å². The second kappa shape index (κ2) is 9.59. The molecular formula is C28H14F3N3OPt. The molecule has 3 heterocycles. The standard InChI is InChI=1S/C28H14F3N3O.Pt/c29-19-5-8-25-24(15-19)23-7-4-17(13-26(23)34(25)27-9-6-20(30)16-33-27)18-11-21(31)14-22(12-18)35-28-3-1-2-10-32-28;/h1-11,14-16H;/q-2;+2. The Balaban J connectivity index is 0.00000267. The molecule has 36 heavy (non-hydrogen) atoms.